The van der Waals surface area contributed by atoms with Gasteiger partial charge in [0.1, 0.15) is 0 Å². The minimum absolute atomic E-state index is 0.226. The molecule has 1 aliphatic rings. The number of carboxylic acids is 1. The van der Waals surface area contributed by atoms with E-state index in [0.29, 0.717) is 5.41 Å². The highest BCUT2D eigenvalue weighted by atomic mass is 16.4. The molecule has 11 heavy (non-hydrogen) atoms. The van der Waals surface area contributed by atoms with Crippen molar-refractivity contribution in [2.24, 2.45) is 5.41 Å². The van der Waals surface area contributed by atoms with E-state index in [9.17, 15) is 4.79 Å². The lowest BCUT2D eigenvalue weighted by molar-refractivity contribution is -0.136. The number of aliphatic carboxylic acids is 1. The Morgan fingerprint density at radius 3 is 2.73 bits per heavy atom. The first-order chi connectivity index (χ1) is 4.99. The molecule has 0 spiro atoms. The smallest absolute Gasteiger partial charge is 0.307 e. The van der Waals surface area contributed by atoms with Crippen molar-refractivity contribution in [1.82, 2.24) is 0 Å². The largest absolute Gasteiger partial charge is 0.481 e. The zero-order valence-corrected chi connectivity index (χ0v) is 7.05. The number of hydrogen-bond donors (Lipinski definition) is 1. The Morgan fingerprint density at radius 1 is 1.73 bits per heavy atom. The van der Waals surface area contributed by atoms with Crippen LogP contribution in [0.15, 0.2) is 11.6 Å². The summed E-state index contributed by atoms with van der Waals surface area (Å²) >= 11 is 0. The van der Waals surface area contributed by atoms with Crippen LogP contribution in [-0.2, 0) is 4.79 Å². The summed E-state index contributed by atoms with van der Waals surface area (Å²) in [5, 5.41) is 8.50. The summed E-state index contributed by atoms with van der Waals surface area (Å²) < 4.78 is 0. The number of carboxylic acid groups (broad SMARTS) is 1. The maximum Gasteiger partial charge on any atom is 0.307 e. The van der Waals surface area contributed by atoms with E-state index in [1.165, 1.54) is 0 Å². The van der Waals surface area contributed by atoms with Crippen molar-refractivity contribution in [3.63, 3.8) is 0 Å². The van der Waals surface area contributed by atoms with Crippen LogP contribution in [0.5, 0.6) is 0 Å². The molecule has 0 heterocycles. The van der Waals surface area contributed by atoms with Crippen LogP contribution in [0.2, 0.25) is 0 Å². The Kier molecular flexibility index (Phi) is 2.03. The zero-order chi connectivity index (χ0) is 8.48. The van der Waals surface area contributed by atoms with Crippen molar-refractivity contribution in [2.75, 3.05) is 0 Å². The Labute approximate surface area is 66.9 Å². The molecule has 0 aliphatic heterocycles. The maximum absolute atomic E-state index is 10.3. The van der Waals surface area contributed by atoms with Crippen molar-refractivity contribution in [2.45, 2.75) is 33.1 Å². The average Bonchev–Trinajstić information content (AvgIpc) is 2.08. The van der Waals surface area contributed by atoms with Crippen LogP contribution in [0.3, 0.4) is 0 Å². The van der Waals surface area contributed by atoms with E-state index in [1.54, 1.807) is 0 Å². The van der Waals surface area contributed by atoms with Gasteiger partial charge < -0.3 is 5.11 Å². The Bertz CT molecular complexity index is 202. The Balaban J connectivity index is 2.47. The van der Waals surface area contributed by atoms with Gasteiger partial charge in [-0.25, -0.2) is 0 Å². The van der Waals surface area contributed by atoms with Crippen LogP contribution >= 0.6 is 0 Å². The number of rotatable bonds is 2. The van der Waals surface area contributed by atoms with Crippen molar-refractivity contribution < 1.29 is 9.90 Å². The van der Waals surface area contributed by atoms with E-state index in [-0.39, 0.29) is 6.42 Å². The van der Waals surface area contributed by atoms with Gasteiger partial charge in [0.15, 0.2) is 0 Å². The van der Waals surface area contributed by atoms with E-state index in [2.05, 4.69) is 19.9 Å². The van der Waals surface area contributed by atoms with Gasteiger partial charge in [-0.1, -0.05) is 25.5 Å². The van der Waals surface area contributed by atoms with E-state index in [0.717, 1.165) is 18.4 Å². The molecule has 0 fully saturated rings. The van der Waals surface area contributed by atoms with Crippen LogP contribution in [0.25, 0.3) is 0 Å². The van der Waals surface area contributed by atoms with Gasteiger partial charge in [-0.05, 0) is 18.3 Å². The molecular weight excluding hydrogens is 140 g/mol. The minimum atomic E-state index is -0.714. The van der Waals surface area contributed by atoms with E-state index >= 15 is 0 Å². The van der Waals surface area contributed by atoms with Gasteiger partial charge in [0.2, 0.25) is 0 Å². The number of hydrogen-bond acceptors (Lipinski definition) is 1. The molecule has 0 aromatic carbocycles. The molecule has 0 aromatic rings. The first-order valence-electron chi connectivity index (χ1n) is 3.89. The van der Waals surface area contributed by atoms with Crippen molar-refractivity contribution in [3.8, 4) is 0 Å². The van der Waals surface area contributed by atoms with E-state index in [1.807, 2.05) is 0 Å². The van der Waals surface area contributed by atoms with Gasteiger partial charge in [-0.15, -0.1) is 0 Å². The highest BCUT2D eigenvalue weighted by molar-refractivity contribution is 5.70. The molecule has 1 N–H and O–H groups in total. The average molecular weight is 154 g/mol. The highest BCUT2D eigenvalue weighted by Gasteiger charge is 2.24. The molecule has 62 valence electrons. The van der Waals surface area contributed by atoms with Gasteiger partial charge >= 0.3 is 5.97 Å². The Morgan fingerprint density at radius 2 is 2.36 bits per heavy atom. The van der Waals surface area contributed by atoms with Gasteiger partial charge in [0.25, 0.3) is 0 Å². The zero-order valence-electron chi connectivity index (χ0n) is 7.05. The first kappa shape index (κ1) is 8.31. The molecule has 1 aliphatic carbocycles. The monoisotopic (exact) mass is 154 g/mol. The molecule has 2 nitrogen and oxygen atoms in total. The molecule has 0 unspecified atom stereocenters. The van der Waals surface area contributed by atoms with Gasteiger partial charge in [-0.2, -0.15) is 0 Å². The van der Waals surface area contributed by atoms with Crippen LogP contribution in [0.4, 0.5) is 0 Å². The lowest BCUT2D eigenvalue weighted by Gasteiger charge is -2.16. The number of allylic oxidation sites excluding steroid dienone is 1. The topological polar surface area (TPSA) is 37.3 Å². The van der Waals surface area contributed by atoms with Gasteiger partial charge in [-0.3, -0.25) is 4.79 Å². The van der Waals surface area contributed by atoms with E-state index < -0.39 is 5.97 Å². The van der Waals surface area contributed by atoms with Crippen molar-refractivity contribution in [3.05, 3.63) is 11.6 Å². The number of carbonyl (C=O) groups is 1. The lowest BCUT2D eigenvalue weighted by atomic mass is 9.89. The molecule has 0 saturated carbocycles. The fraction of sp³-hybridized carbons (Fsp3) is 0.667. The maximum atomic E-state index is 10.3. The second kappa shape index (κ2) is 2.68. The summed E-state index contributed by atoms with van der Waals surface area (Å²) in [4.78, 5) is 10.3. The summed E-state index contributed by atoms with van der Waals surface area (Å²) in [7, 11) is 0. The normalized spacial score (nSPS) is 21.5. The molecule has 0 amide bonds. The van der Waals surface area contributed by atoms with Crippen LogP contribution in [-0.4, -0.2) is 11.1 Å². The molecular formula is C9H14O2. The fourth-order valence-electron chi connectivity index (χ4n) is 1.51. The molecule has 0 aromatic heterocycles. The second-order valence-corrected chi connectivity index (χ2v) is 3.98. The van der Waals surface area contributed by atoms with Crippen LogP contribution < -0.4 is 0 Å². The third-order valence-corrected chi connectivity index (χ3v) is 2.03. The van der Waals surface area contributed by atoms with E-state index in [4.69, 9.17) is 5.11 Å². The highest BCUT2D eigenvalue weighted by Crippen LogP contribution is 2.37. The molecule has 0 atom stereocenters. The Hall–Kier alpha value is -0.790. The minimum Gasteiger partial charge on any atom is -0.481 e. The summed E-state index contributed by atoms with van der Waals surface area (Å²) in [6.07, 6.45) is 4.26. The predicted octanol–water partition coefficient (Wildman–Crippen LogP) is 2.21. The molecule has 0 bridgehead atoms. The third-order valence-electron chi connectivity index (χ3n) is 2.03. The molecule has 0 saturated heterocycles. The quantitative estimate of drug-likeness (QED) is 0.619. The molecule has 0 radical (unpaired) electrons. The molecule has 2 heteroatoms. The van der Waals surface area contributed by atoms with Crippen LogP contribution in [0.1, 0.15) is 33.1 Å². The SMILES string of the molecule is CC1(C)CC=C(CC(=O)O)C1. The van der Waals surface area contributed by atoms with Crippen molar-refractivity contribution >= 4 is 5.97 Å². The first-order valence-corrected chi connectivity index (χ1v) is 3.89. The second-order valence-electron chi connectivity index (χ2n) is 3.98. The van der Waals surface area contributed by atoms with Gasteiger partial charge in [0.05, 0.1) is 6.42 Å². The van der Waals surface area contributed by atoms with Crippen LogP contribution in [0, 0.1) is 5.41 Å². The lowest BCUT2D eigenvalue weighted by Crippen LogP contribution is -2.06. The van der Waals surface area contributed by atoms with Crippen molar-refractivity contribution in [1.29, 1.82) is 0 Å². The molecule has 1 rings (SSSR count). The summed E-state index contributed by atoms with van der Waals surface area (Å²) in [6, 6.07) is 0. The standard InChI is InChI=1S/C9H14O2/c1-9(2)4-3-7(6-9)5-8(10)11/h3H,4-6H2,1-2H3,(H,10,11). The fourth-order valence-corrected chi connectivity index (χ4v) is 1.51. The summed E-state index contributed by atoms with van der Waals surface area (Å²) in [5.41, 5.74) is 1.38. The van der Waals surface area contributed by atoms with Gasteiger partial charge in [0, 0.05) is 0 Å². The summed E-state index contributed by atoms with van der Waals surface area (Å²) in [6.45, 7) is 4.33. The predicted molar refractivity (Wildman–Crippen MR) is 43.4 cm³/mol. The third kappa shape index (κ3) is 2.37. The summed E-state index contributed by atoms with van der Waals surface area (Å²) in [5.74, 6) is -0.714.